The van der Waals surface area contributed by atoms with E-state index in [9.17, 15) is 14.0 Å². The molecule has 9 heteroatoms. The molecule has 3 heterocycles. The second kappa shape index (κ2) is 9.56. The summed E-state index contributed by atoms with van der Waals surface area (Å²) in [6.07, 6.45) is 3.42. The number of carbonyl (C=O) groups is 2. The number of rotatable bonds is 7. The maximum Gasteiger partial charge on any atom is 0.228 e. The Kier molecular flexibility index (Phi) is 7.12. The van der Waals surface area contributed by atoms with E-state index in [1.807, 2.05) is 12.1 Å². The molecule has 2 atom stereocenters. The van der Waals surface area contributed by atoms with Gasteiger partial charge in [-0.05, 0) is 40.5 Å². The first kappa shape index (κ1) is 20.9. The molecule has 2 amide bonds. The Labute approximate surface area is 175 Å². The van der Waals surface area contributed by atoms with Gasteiger partial charge in [-0.1, -0.05) is 0 Å². The summed E-state index contributed by atoms with van der Waals surface area (Å²) < 4.78 is 15.0. The number of halogens is 2. The summed E-state index contributed by atoms with van der Waals surface area (Å²) in [5, 5.41) is 0. The smallest absolute Gasteiger partial charge is 0.228 e. The molecule has 0 saturated carbocycles. The van der Waals surface area contributed by atoms with Crippen LogP contribution in [-0.2, 0) is 22.4 Å². The van der Waals surface area contributed by atoms with Gasteiger partial charge < -0.3 is 9.80 Å². The molecular formula is C19H22BrFN4O2S. The monoisotopic (exact) mass is 468 g/mol. The Balaban J connectivity index is 1.54. The Morgan fingerprint density at radius 1 is 1.39 bits per heavy atom. The zero-order valence-electron chi connectivity index (χ0n) is 15.6. The van der Waals surface area contributed by atoms with Crippen molar-refractivity contribution in [3.05, 3.63) is 45.1 Å². The second-order valence-corrected chi connectivity index (χ2v) is 9.44. The van der Waals surface area contributed by atoms with Crippen molar-refractivity contribution in [3.63, 3.8) is 0 Å². The lowest BCUT2D eigenvalue weighted by Crippen LogP contribution is -2.44. The number of thiophene rings is 1. The number of amides is 2. The van der Waals surface area contributed by atoms with Crippen LogP contribution in [-0.4, -0.2) is 63.9 Å². The highest BCUT2D eigenvalue weighted by Crippen LogP contribution is 2.26. The van der Waals surface area contributed by atoms with Gasteiger partial charge in [-0.3, -0.25) is 9.59 Å². The van der Waals surface area contributed by atoms with Crippen LogP contribution in [0.15, 0.2) is 34.5 Å². The van der Waals surface area contributed by atoms with Crippen molar-refractivity contribution in [1.29, 1.82) is 0 Å². The van der Waals surface area contributed by atoms with E-state index >= 15 is 0 Å². The Morgan fingerprint density at radius 3 is 2.89 bits per heavy atom. The number of nitrogens with zero attached hydrogens (tertiary/aromatic N) is 4. The second-order valence-electron chi connectivity index (χ2n) is 6.89. The lowest BCUT2D eigenvalue weighted by atomic mass is 10.1. The van der Waals surface area contributed by atoms with Gasteiger partial charge in [0.1, 0.15) is 12.5 Å². The van der Waals surface area contributed by atoms with Crippen molar-refractivity contribution < 1.29 is 14.0 Å². The summed E-state index contributed by atoms with van der Waals surface area (Å²) in [5.74, 6) is -0.142. The van der Waals surface area contributed by atoms with E-state index in [1.54, 1.807) is 29.1 Å². The third kappa shape index (κ3) is 5.57. The standard InChI is InChI=1S/C19H22BrFN4O2S/c1-24(18(26)5-2-14-6-7-22-12-23-14)11-15-8-13(21)10-25(15)19(27)9-16-3-4-17(20)28-16/h3-4,6-7,12-13,15H,2,5,8-11H2,1H3/t13-,15-/m0/s1. The first-order valence-corrected chi connectivity index (χ1v) is 10.7. The number of hydrogen-bond acceptors (Lipinski definition) is 5. The molecule has 0 spiro atoms. The minimum absolute atomic E-state index is 0.0458. The first-order valence-electron chi connectivity index (χ1n) is 9.09. The highest BCUT2D eigenvalue weighted by atomic mass is 79.9. The SMILES string of the molecule is CN(C[C@@H]1C[C@H](F)CN1C(=O)Cc1ccc(Br)s1)C(=O)CCc1ccncn1. The van der Waals surface area contributed by atoms with Crippen molar-refractivity contribution >= 4 is 39.1 Å². The van der Waals surface area contributed by atoms with Crippen LogP contribution in [0, 0.1) is 0 Å². The van der Waals surface area contributed by atoms with Crippen molar-refractivity contribution in [1.82, 2.24) is 19.8 Å². The lowest BCUT2D eigenvalue weighted by Gasteiger charge is -2.28. The topological polar surface area (TPSA) is 66.4 Å². The summed E-state index contributed by atoms with van der Waals surface area (Å²) in [5.41, 5.74) is 0.806. The molecule has 2 aromatic rings. The van der Waals surface area contributed by atoms with E-state index in [0.29, 0.717) is 19.4 Å². The molecule has 150 valence electrons. The molecule has 1 saturated heterocycles. The van der Waals surface area contributed by atoms with Crippen molar-refractivity contribution in [3.8, 4) is 0 Å². The van der Waals surface area contributed by atoms with Crippen LogP contribution in [0.2, 0.25) is 0 Å². The van der Waals surface area contributed by atoms with Gasteiger partial charge in [0.05, 0.1) is 22.8 Å². The van der Waals surface area contributed by atoms with E-state index in [4.69, 9.17) is 0 Å². The van der Waals surface area contributed by atoms with E-state index in [2.05, 4.69) is 25.9 Å². The molecule has 0 unspecified atom stereocenters. The van der Waals surface area contributed by atoms with Crippen molar-refractivity contribution in [2.75, 3.05) is 20.1 Å². The third-order valence-corrected chi connectivity index (χ3v) is 6.41. The Morgan fingerprint density at radius 2 is 2.21 bits per heavy atom. The largest absolute Gasteiger partial charge is 0.344 e. The molecule has 0 aromatic carbocycles. The molecule has 1 aliphatic rings. The van der Waals surface area contributed by atoms with Gasteiger partial charge in [0, 0.05) is 43.2 Å². The molecular weight excluding hydrogens is 447 g/mol. The van der Waals surface area contributed by atoms with Gasteiger partial charge >= 0.3 is 0 Å². The van der Waals surface area contributed by atoms with Gasteiger partial charge in [0.25, 0.3) is 0 Å². The van der Waals surface area contributed by atoms with E-state index in [0.717, 1.165) is 14.4 Å². The van der Waals surface area contributed by atoms with E-state index in [-0.39, 0.29) is 37.2 Å². The third-order valence-electron chi connectivity index (χ3n) is 4.79. The first-order chi connectivity index (χ1) is 13.4. The van der Waals surface area contributed by atoms with Crippen LogP contribution in [0.4, 0.5) is 4.39 Å². The molecule has 6 nitrogen and oxygen atoms in total. The maximum absolute atomic E-state index is 14.0. The number of aryl methyl sites for hydroxylation is 1. The molecule has 0 bridgehead atoms. The van der Waals surface area contributed by atoms with Crippen molar-refractivity contribution in [2.24, 2.45) is 0 Å². The summed E-state index contributed by atoms with van der Waals surface area (Å²) in [6, 6.07) is 5.28. The van der Waals surface area contributed by atoms with Crippen LogP contribution >= 0.6 is 27.3 Å². The van der Waals surface area contributed by atoms with Gasteiger partial charge in [-0.25, -0.2) is 14.4 Å². The normalized spacial score (nSPS) is 19.0. The number of hydrogen-bond donors (Lipinski definition) is 0. The average Bonchev–Trinajstić information content (AvgIpc) is 3.25. The fraction of sp³-hybridized carbons (Fsp3) is 0.474. The van der Waals surface area contributed by atoms with Crippen LogP contribution in [0.25, 0.3) is 0 Å². The van der Waals surface area contributed by atoms with Gasteiger partial charge in [-0.2, -0.15) is 0 Å². The van der Waals surface area contributed by atoms with Crippen LogP contribution in [0.1, 0.15) is 23.4 Å². The predicted molar refractivity (Wildman–Crippen MR) is 109 cm³/mol. The molecule has 0 radical (unpaired) electrons. The van der Waals surface area contributed by atoms with Gasteiger partial charge in [0.15, 0.2) is 0 Å². The predicted octanol–water partition coefficient (Wildman–Crippen LogP) is 2.87. The number of carbonyl (C=O) groups excluding carboxylic acids is 2. The highest BCUT2D eigenvalue weighted by molar-refractivity contribution is 9.11. The van der Waals surface area contributed by atoms with Gasteiger partial charge in [-0.15, -0.1) is 11.3 Å². The number of alkyl halides is 1. The molecule has 2 aromatic heterocycles. The van der Waals surface area contributed by atoms with Crippen LogP contribution < -0.4 is 0 Å². The molecule has 28 heavy (non-hydrogen) atoms. The fourth-order valence-electron chi connectivity index (χ4n) is 3.35. The zero-order valence-corrected chi connectivity index (χ0v) is 18.0. The molecule has 1 aliphatic heterocycles. The highest BCUT2D eigenvalue weighted by Gasteiger charge is 2.36. The summed E-state index contributed by atoms with van der Waals surface area (Å²) in [6.45, 7) is 0.432. The quantitative estimate of drug-likeness (QED) is 0.626. The van der Waals surface area contributed by atoms with E-state index in [1.165, 1.54) is 17.7 Å². The van der Waals surface area contributed by atoms with Gasteiger partial charge in [0.2, 0.25) is 11.8 Å². The molecule has 1 fully saturated rings. The van der Waals surface area contributed by atoms with E-state index < -0.39 is 6.17 Å². The number of aromatic nitrogens is 2. The zero-order chi connectivity index (χ0) is 20.1. The summed E-state index contributed by atoms with van der Waals surface area (Å²) in [7, 11) is 1.70. The van der Waals surface area contributed by atoms with Crippen molar-refractivity contribution in [2.45, 2.75) is 37.9 Å². The average molecular weight is 469 g/mol. The van der Waals surface area contributed by atoms with Crippen LogP contribution in [0.5, 0.6) is 0 Å². The fourth-order valence-corrected chi connectivity index (χ4v) is 4.82. The summed E-state index contributed by atoms with van der Waals surface area (Å²) in [4.78, 5) is 37.2. The minimum atomic E-state index is -1.05. The lowest BCUT2D eigenvalue weighted by molar-refractivity contribution is -0.135. The summed E-state index contributed by atoms with van der Waals surface area (Å²) >= 11 is 4.89. The maximum atomic E-state index is 14.0. The number of likely N-dealkylation sites (N-methyl/N-ethyl adjacent to an activating group) is 1. The molecule has 0 N–H and O–H groups in total. The Hall–Kier alpha value is -1.87. The molecule has 3 rings (SSSR count). The van der Waals surface area contributed by atoms with Crippen LogP contribution in [0.3, 0.4) is 0 Å². The number of likely N-dealkylation sites (tertiary alicyclic amines) is 1. The Bertz CT molecular complexity index is 819. The minimum Gasteiger partial charge on any atom is -0.344 e. The molecule has 0 aliphatic carbocycles.